The van der Waals surface area contributed by atoms with Gasteiger partial charge in [0.15, 0.2) is 0 Å². The zero-order valence-corrected chi connectivity index (χ0v) is 10.0. The molecule has 0 saturated carbocycles. The lowest BCUT2D eigenvalue weighted by molar-refractivity contribution is -0.131. The van der Waals surface area contributed by atoms with Gasteiger partial charge in [-0.15, -0.1) is 0 Å². The molecule has 1 unspecified atom stereocenters. The van der Waals surface area contributed by atoms with Gasteiger partial charge in [-0.05, 0) is 6.92 Å². The number of amides is 1. The highest BCUT2D eigenvalue weighted by molar-refractivity contribution is 6.17. The predicted molar refractivity (Wildman–Crippen MR) is 64.1 cm³/mol. The molecule has 5 heteroatoms. The van der Waals surface area contributed by atoms with Gasteiger partial charge in [0, 0.05) is 12.0 Å². The van der Waals surface area contributed by atoms with Crippen LogP contribution in [0.3, 0.4) is 0 Å². The van der Waals surface area contributed by atoms with Gasteiger partial charge in [-0.1, -0.05) is 29.8 Å². The second kappa shape index (κ2) is 4.51. The molecule has 1 fully saturated rings. The van der Waals surface area contributed by atoms with Crippen LogP contribution in [-0.2, 0) is 4.79 Å². The molecule has 1 aromatic rings. The number of carbonyl (C=O) groups excluding carboxylic acids is 2. The van der Waals surface area contributed by atoms with E-state index in [0.717, 1.165) is 5.56 Å². The Morgan fingerprint density at radius 3 is 2.56 bits per heavy atom. The number of ketones is 1. The topological polar surface area (TPSA) is 86.6 Å². The molecule has 18 heavy (non-hydrogen) atoms. The van der Waals surface area contributed by atoms with Crippen LogP contribution in [0.1, 0.15) is 22.3 Å². The number of rotatable bonds is 3. The van der Waals surface area contributed by atoms with E-state index in [2.05, 4.69) is 5.32 Å². The first-order chi connectivity index (χ1) is 8.47. The van der Waals surface area contributed by atoms with E-state index in [1.807, 2.05) is 6.92 Å². The molecule has 5 nitrogen and oxygen atoms in total. The Morgan fingerprint density at radius 1 is 1.44 bits per heavy atom. The van der Waals surface area contributed by atoms with Crippen molar-refractivity contribution in [1.29, 1.82) is 0 Å². The largest absolute Gasteiger partial charge is 0.394 e. The quantitative estimate of drug-likeness (QED) is 0.511. The van der Waals surface area contributed by atoms with Crippen molar-refractivity contribution in [2.45, 2.75) is 25.0 Å². The highest BCUT2D eigenvalue weighted by Gasteiger charge is 2.51. The standard InChI is InChI=1S/C13H15NO4/c1-8-2-4-9(5-3-8)11(16)13(18)6-10(7-15)14-12(13)17/h2-5,10,15,18H,6-7H2,1H3,(H,14,17)/t10-,13?/m0/s1. The molecule has 1 heterocycles. The second-order valence-electron chi connectivity index (χ2n) is 4.61. The zero-order chi connectivity index (χ0) is 13.3. The Kier molecular flexibility index (Phi) is 3.19. The predicted octanol–water partition coefficient (Wildman–Crippen LogP) is -0.210. The van der Waals surface area contributed by atoms with Crippen molar-refractivity contribution in [2.24, 2.45) is 0 Å². The van der Waals surface area contributed by atoms with Gasteiger partial charge in [0.25, 0.3) is 5.91 Å². The third-order valence-corrected chi connectivity index (χ3v) is 3.16. The average molecular weight is 249 g/mol. The first-order valence-electron chi connectivity index (χ1n) is 5.73. The van der Waals surface area contributed by atoms with E-state index in [4.69, 9.17) is 5.11 Å². The normalized spacial score (nSPS) is 27.1. The van der Waals surface area contributed by atoms with Crippen LogP contribution < -0.4 is 5.32 Å². The Balaban J connectivity index is 2.28. The maximum absolute atomic E-state index is 12.2. The van der Waals surface area contributed by atoms with Gasteiger partial charge in [-0.2, -0.15) is 0 Å². The van der Waals surface area contributed by atoms with E-state index in [1.54, 1.807) is 24.3 Å². The van der Waals surface area contributed by atoms with Crippen molar-refractivity contribution in [2.75, 3.05) is 6.61 Å². The van der Waals surface area contributed by atoms with Crippen LogP contribution in [0, 0.1) is 6.92 Å². The van der Waals surface area contributed by atoms with E-state index < -0.39 is 23.3 Å². The van der Waals surface area contributed by atoms with Crippen molar-refractivity contribution in [3.8, 4) is 0 Å². The number of aliphatic hydroxyl groups is 2. The minimum atomic E-state index is -2.07. The summed E-state index contributed by atoms with van der Waals surface area (Å²) in [5.74, 6) is -1.37. The molecule has 1 aliphatic heterocycles. The summed E-state index contributed by atoms with van der Waals surface area (Å²) in [6, 6.07) is 6.07. The van der Waals surface area contributed by atoms with Gasteiger partial charge in [0.05, 0.1) is 12.6 Å². The van der Waals surface area contributed by atoms with Gasteiger partial charge in [-0.25, -0.2) is 0 Å². The molecule has 0 aromatic heterocycles. The Labute approximate surface area is 104 Å². The van der Waals surface area contributed by atoms with E-state index in [9.17, 15) is 14.7 Å². The molecule has 1 amide bonds. The third-order valence-electron chi connectivity index (χ3n) is 3.16. The number of nitrogens with one attached hydrogen (secondary N) is 1. The summed E-state index contributed by atoms with van der Waals surface area (Å²) in [6.45, 7) is 1.59. The summed E-state index contributed by atoms with van der Waals surface area (Å²) in [7, 11) is 0. The van der Waals surface area contributed by atoms with Crippen molar-refractivity contribution in [3.63, 3.8) is 0 Å². The fraction of sp³-hybridized carbons (Fsp3) is 0.385. The molecular formula is C13H15NO4. The first kappa shape index (κ1) is 12.7. The van der Waals surface area contributed by atoms with Crippen LogP contribution in [0.5, 0.6) is 0 Å². The first-order valence-corrected chi connectivity index (χ1v) is 5.73. The lowest BCUT2D eigenvalue weighted by Crippen LogP contribution is -2.45. The minimum absolute atomic E-state index is 0.102. The van der Waals surface area contributed by atoms with Crippen molar-refractivity contribution in [1.82, 2.24) is 5.32 Å². The van der Waals surface area contributed by atoms with Gasteiger partial charge in [0.1, 0.15) is 0 Å². The maximum atomic E-state index is 12.2. The lowest BCUT2D eigenvalue weighted by Gasteiger charge is -2.17. The van der Waals surface area contributed by atoms with Crippen LogP contribution in [0.4, 0.5) is 0 Å². The Morgan fingerprint density at radius 2 is 2.06 bits per heavy atom. The molecule has 0 bridgehead atoms. The molecule has 1 aliphatic rings. The summed E-state index contributed by atoms with van der Waals surface area (Å²) >= 11 is 0. The number of aliphatic hydroxyl groups excluding tert-OH is 1. The SMILES string of the molecule is Cc1ccc(C(=O)C2(O)C[C@@H](CO)NC2=O)cc1. The molecular weight excluding hydrogens is 234 g/mol. The molecule has 96 valence electrons. The van der Waals surface area contributed by atoms with Crippen LogP contribution in [0.25, 0.3) is 0 Å². The lowest BCUT2D eigenvalue weighted by atomic mass is 9.89. The van der Waals surface area contributed by atoms with Gasteiger partial charge in [0.2, 0.25) is 11.4 Å². The number of hydrogen-bond donors (Lipinski definition) is 3. The molecule has 1 aromatic carbocycles. The van der Waals surface area contributed by atoms with Gasteiger partial charge >= 0.3 is 0 Å². The smallest absolute Gasteiger partial charge is 0.260 e. The highest BCUT2D eigenvalue weighted by Crippen LogP contribution is 2.25. The van der Waals surface area contributed by atoms with E-state index in [1.165, 1.54) is 0 Å². The molecule has 0 spiro atoms. The third kappa shape index (κ3) is 2.02. The molecule has 0 radical (unpaired) electrons. The minimum Gasteiger partial charge on any atom is -0.394 e. The number of carbonyl (C=O) groups is 2. The van der Waals surface area contributed by atoms with Crippen LogP contribution in [-0.4, -0.2) is 40.2 Å². The van der Waals surface area contributed by atoms with Crippen molar-refractivity contribution < 1.29 is 19.8 Å². The molecule has 2 rings (SSSR count). The summed E-state index contributed by atoms with van der Waals surface area (Å²) in [5.41, 5.74) is -0.790. The second-order valence-corrected chi connectivity index (χ2v) is 4.61. The average Bonchev–Trinajstić information content (AvgIpc) is 2.66. The van der Waals surface area contributed by atoms with Crippen LogP contribution in [0.2, 0.25) is 0 Å². The van der Waals surface area contributed by atoms with Crippen molar-refractivity contribution >= 4 is 11.7 Å². The van der Waals surface area contributed by atoms with Gasteiger partial charge < -0.3 is 15.5 Å². The van der Waals surface area contributed by atoms with Crippen LogP contribution in [0.15, 0.2) is 24.3 Å². The monoisotopic (exact) mass is 249 g/mol. The maximum Gasteiger partial charge on any atom is 0.260 e. The number of aryl methyl sites for hydroxylation is 1. The van der Waals surface area contributed by atoms with Gasteiger partial charge in [-0.3, -0.25) is 9.59 Å². The van der Waals surface area contributed by atoms with Crippen molar-refractivity contribution in [3.05, 3.63) is 35.4 Å². The van der Waals surface area contributed by atoms with E-state index in [0.29, 0.717) is 0 Å². The number of hydrogen-bond acceptors (Lipinski definition) is 4. The summed E-state index contributed by atoms with van der Waals surface area (Å²) in [6.07, 6.45) is -0.102. The fourth-order valence-corrected chi connectivity index (χ4v) is 2.05. The number of benzene rings is 1. The van der Waals surface area contributed by atoms with E-state index in [-0.39, 0.29) is 18.6 Å². The number of Topliss-reactive ketones (excluding diaryl/α,β-unsaturated/α-hetero) is 1. The zero-order valence-electron chi connectivity index (χ0n) is 10.0. The Hall–Kier alpha value is -1.72. The molecule has 0 aliphatic carbocycles. The van der Waals surface area contributed by atoms with Crippen LogP contribution >= 0.6 is 0 Å². The molecule has 1 saturated heterocycles. The Bertz CT molecular complexity index is 482. The summed E-state index contributed by atoms with van der Waals surface area (Å²) < 4.78 is 0. The summed E-state index contributed by atoms with van der Waals surface area (Å²) in [5, 5.41) is 21.5. The summed E-state index contributed by atoms with van der Waals surface area (Å²) in [4.78, 5) is 23.8. The fourth-order valence-electron chi connectivity index (χ4n) is 2.05. The van der Waals surface area contributed by atoms with E-state index >= 15 is 0 Å². The highest BCUT2D eigenvalue weighted by atomic mass is 16.3. The molecule has 3 N–H and O–H groups in total. The molecule has 2 atom stereocenters.